The van der Waals surface area contributed by atoms with Gasteiger partial charge in [0.05, 0.1) is 23.5 Å². The van der Waals surface area contributed by atoms with Crippen molar-refractivity contribution in [2.45, 2.75) is 32.1 Å². The number of aromatic nitrogens is 2. The van der Waals surface area contributed by atoms with E-state index in [1.54, 1.807) is 30.7 Å². The van der Waals surface area contributed by atoms with Crippen molar-refractivity contribution >= 4 is 17.4 Å². The standard InChI is InChI=1S/C21H20N4O2/c1-13-18(21(27)25-14-6-5-10-22-12-14)20(15-7-2-3-11-23-15)19-16(24-13)8-4-9-17(19)26/h2-3,5-7,10-12,20,24H,4,8-9H2,1H3,(H,25,27). The number of rotatable bonds is 3. The lowest BCUT2D eigenvalue weighted by Gasteiger charge is -2.34. The smallest absolute Gasteiger partial charge is 0.254 e. The maximum absolute atomic E-state index is 13.1. The van der Waals surface area contributed by atoms with E-state index in [4.69, 9.17) is 0 Å². The molecule has 0 radical (unpaired) electrons. The molecule has 1 atom stereocenters. The van der Waals surface area contributed by atoms with E-state index in [1.165, 1.54) is 0 Å². The number of nitrogens with one attached hydrogen (secondary N) is 2. The zero-order valence-electron chi connectivity index (χ0n) is 15.0. The molecule has 0 spiro atoms. The molecule has 0 fully saturated rings. The summed E-state index contributed by atoms with van der Waals surface area (Å²) in [6.07, 6.45) is 7.06. The summed E-state index contributed by atoms with van der Waals surface area (Å²) in [7, 11) is 0. The Morgan fingerprint density at radius 1 is 1.19 bits per heavy atom. The van der Waals surface area contributed by atoms with E-state index in [-0.39, 0.29) is 11.7 Å². The Morgan fingerprint density at radius 2 is 2.07 bits per heavy atom. The summed E-state index contributed by atoms with van der Waals surface area (Å²) in [6.45, 7) is 1.87. The zero-order chi connectivity index (χ0) is 18.8. The van der Waals surface area contributed by atoms with Crippen molar-refractivity contribution < 1.29 is 9.59 Å². The van der Waals surface area contributed by atoms with Crippen molar-refractivity contribution in [3.63, 3.8) is 0 Å². The highest BCUT2D eigenvalue weighted by Crippen LogP contribution is 2.41. The van der Waals surface area contributed by atoms with Crippen LogP contribution < -0.4 is 10.6 Å². The first kappa shape index (κ1) is 17.1. The van der Waals surface area contributed by atoms with E-state index < -0.39 is 5.92 Å². The van der Waals surface area contributed by atoms with Crippen LogP contribution in [-0.4, -0.2) is 21.7 Å². The Labute approximate surface area is 157 Å². The predicted octanol–water partition coefficient (Wildman–Crippen LogP) is 3.08. The largest absolute Gasteiger partial charge is 0.362 e. The number of nitrogens with zero attached hydrogens (tertiary/aromatic N) is 2. The number of carbonyl (C=O) groups excluding carboxylic acids is 2. The van der Waals surface area contributed by atoms with Gasteiger partial charge in [-0.2, -0.15) is 0 Å². The molecule has 2 aromatic rings. The SMILES string of the molecule is CC1=C(C(=O)Nc2cccnc2)C(c2ccccn2)C2=C(CCCC2=O)N1. The summed E-state index contributed by atoms with van der Waals surface area (Å²) in [6, 6.07) is 9.12. The molecule has 6 nitrogen and oxygen atoms in total. The Kier molecular flexibility index (Phi) is 4.54. The first-order valence-corrected chi connectivity index (χ1v) is 9.01. The molecular weight excluding hydrogens is 340 g/mol. The molecule has 2 N–H and O–H groups in total. The highest BCUT2D eigenvalue weighted by molar-refractivity contribution is 6.09. The van der Waals surface area contributed by atoms with Gasteiger partial charge in [-0.05, 0) is 44.0 Å². The second-order valence-corrected chi connectivity index (χ2v) is 6.72. The molecule has 0 saturated heterocycles. The number of ketones is 1. The highest BCUT2D eigenvalue weighted by Gasteiger charge is 2.39. The molecule has 0 aromatic carbocycles. The molecule has 136 valence electrons. The van der Waals surface area contributed by atoms with Gasteiger partial charge in [-0.3, -0.25) is 19.6 Å². The molecular formula is C21H20N4O2. The molecule has 6 heteroatoms. The van der Waals surface area contributed by atoms with Crippen molar-refractivity contribution in [1.82, 2.24) is 15.3 Å². The topological polar surface area (TPSA) is 84.0 Å². The maximum Gasteiger partial charge on any atom is 0.254 e. The fourth-order valence-electron chi connectivity index (χ4n) is 3.76. The molecule has 3 heterocycles. The van der Waals surface area contributed by atoms with Gasteiger partial charge in [0.15, 0.2) is 5.78 Å². The summed E-state index contributed by atoms with van der Waals surface area (Å²) in [4.78, 5) is 34.4. The van der Waals surface area contributed by atoms with E-state index in [0.717, 1.165) is 24.2 Å². The van der Waals surface area contributed by atoms with Crippen LogP contribution >= 0.6 is 0 Å². The van der Waals surface area contributed by atoms with E-state index >= 15 is 0 Å². The van der Waals surface area contributed by atoms with Gasteiger partial charge in [0, 0.05) is 41.4 Å². The molecule has 0 bridgehead atoms. The highest BCUT2D eigenvalue weighted by atomic mass is 16.2. The van der Waals surface area contributed by atoms with Crippen molar-refractivity contribution in [2.75, 3.05) is 5.32 Å². The minimum atomic E-state index is -0.466. The van der Waals surface area contributed by atoms with Gasteiger partial charge in [-0.25, -0.2) is 0 Å². The number of anilines is 1. The van der Waals surface area contributed by atoms with Crippen LogP contribution in [0.4, 0.5) is 5.69 Å². The molecule has 2 aliphatic rings. The van der Waals surface area contributed by atoms with E-state index in [1.807, 2.05) is 25.1 Å². The predicted molar refractivity (Wildman–Crippen MR) is 102 cm³/mol. The Morgan fingerprint density at radius 3 is 2.81 bits per heavy atom. The van der Waals surface area contributed by atoms with Gasteiger partial charge < -0.3 is 10.6 Å². The molecule has 4 rings (SSSR count). The van der Waals surface area contributed by atoms with Crippen LogP contribution in [0.2, 0.25) is 0 Å². The van der Waals surface area contributed by atoms with Crippen molar-refractivity contribution in [2.24, 2.45) is 0 Å². The first-order valence-electron chi connectivity index (χ1n) is 9.01. The number of Topliss-reactive ketones (excluding diaryl/α,β-unsaturated/α-hetero) is 1. The van der Waals surface area contributed by atoms with Gasteiger partial charge in [-0.1, -0.05) is 6.07 Å². The van der Waals surface area contributed by atoms with Crippen LogP contribution in [0.15, 0.2) is 71.5 Å². The zero-order valence-corrected chi connectivity index (χ0v) is 15.0. The summed E-state index contributed by atoms with van der Waals surface area (Å²) >= 11 is 0. The van der Waals surface area contributed by atoms with E-state index in [2.05, 4.69) is 20.6 Å². The van der Waals surface area contributed by atoms with Crippen molar-refractivity contribution in [3.05, 3.63) is 77.2 Å². The third-order valence-electron chi connectivity index (χ3n) is 4.92. The summed E-state index contributed by atoms with van der Waals surface area (Å²) < 4.78 is 0. The molecule has 1 amide bonds. The summed E-state index contributed by atoms with van der Waals surface area (Å²) in [5.74, 6) is -0.640. The fourth-order valence-corrected chi connectivity index (χ4v) is 3.76. The lowest BCUT2D eigenvalue weighted by Crippen LogP contribution is -2.35. The normalized spacial score (nSPS) is 19.4. The molecule has 27 heavy (non-hydrogen) atoms. The summed E-state index contributed by atoms with van der Waals surface area (Å²) in [5.41, 5.74) is 4.17. The van der Waals surface area contributed by atoms with Crippen LogP contribution in [-0.2, 0) is 9.59 Å². The molecule has 2 aromatic heterocycles. The fraction of sp³-hybridized carbons (Fsp3) is 0.238. The molecule has 1 unspecified atom stereocenters. The Hall–Kier alpha value is -3.28. The number of pyridine rings is 2. The van der Waals surface area contributed by atoms with Crippen LogP contribution in [0.5, 0.6) is 0 Å². The van der Waals surface area contributed by atoms with E-state index in [0.29, 0.717) is 28.9 Å². The van der Waals surface area contributed by atoms with Crippen LogP contribution in [0.1, 0.15) is 37.8 Å². The maximum atomic E-state index is 13.1. The quantitative estimate of drug-likeness (QED) is 0.879. The van der Waals surface area contributed by atoms with Gasteiger partial charge in [0.1, 0.15) is 0 Å². The van der Waals surface area contributed by atoms with Crippen LogP contribution in [0.3, 0.4) is 0 Å². The average molecular weight is 360 g/mol. The summed E-state index contributed by atoms with van der Waals surface area (Å²) in [5, 5.41) is 6.19. The van der Waals surface area contributed by atoms with Crippen LogP contribution in [0.25, 0.3) is 0 Å². The third-order valence-corrected chi connectivity index (χ3v) is 4.92. The monoisotopic (exact) mass is 360 g/mol. The van der Waals surface area contributed by atoms with Crippen LogP contribution in [0, 0.1) is 0 Å². The Bertz CT molecular complexity index is 949. The first-order chi connectivity index (χ1) is 13.1. The number of carbonyl (C=O) groups is 2. The molecule has 1 aliphatic carbocycles. The van der Waals surface area contributed by atoms with E-state index in [9.17, 15) is 9.59 Å². The number of dihydropyridines is 1. The number of amides is 1. The van der Waals surface area contributed by atoms with Crippen molar-refractivity contribution in [3.8, 4) is 0 Å². The lowest BCUT2D eigenvalue weighted by molar-refractivity contribution is -0.116. The van der Waals surface area contributed by atoms with Gasteiger partial charge in [-0.15, -0.1) is 0 Å². The second-order valence-electron chi connectivity index (χ2n) is 6.72. The second kappa shape index (κ2) is 7.15. The lowest BCUT2D eigenvalue weighted by atomic mass is 9.76. The molecule has 0 saturated carbocycles. The van der Waals surface area contributed by atoms with Crippen molar-refractivity contribution in [1.29, 1.82) is 0 Å². The Balaban J connectivity index is 1.78. The third kappa shape index (κ3) is 3.26. The average Bonchev–Trinajstić information content (AvgIpc) is 2.68. The molecule has 1 aliphatic heterocycles. The van der Waals surface area contributed by atoms with Gasteiger partial charge in [0.25, 0.3) is 5.91 Å². The minimum absolute atomic E-state index is 0.0820. The number of hydrogen-bond donors (Lipinski definition) is 2. The number of hydrogen-bond acceptors (Lipinski definition) is 5. The van der Waals surface area contributed by atoms with Gasteiger partial charge in [0.2, 0.25) is 0 Å². The minimum Gasteiger partial charge on any atom is -0.362 e. The van der Waals surface area contributed by atoms with Gasteiger partial charge >= 0.3 is 0 Å². The number of allylic oxidation sites excluding steroid dienone is 3.